The second-order valence-electron chi connectivity index (χ2n) is 4.79. The number of hydrogen-bond acceptors (Lipinski definition) is 4. The quantitative estimate of drug-likeness (QED) is 0.907. The molecule has 2 heterocycles. The average molecular weight is 273 g/mol. The zero-order valence-electron chi connectivity index (χ0n) is 10.9. The molecule has 18 heavy (non-hydrogen) atoms. The van der Waals surface area contributed by atoms with E-state index >= 15 is 0 Å². The Labute approximate surface area is 107 Å². The molecule has 0 amide bonds. The fourth-order valence-corrected chi connectivity index (χ4v) is 4.72. The Morgan fingerprint density at radius 1 is 1.39 bits per heavy atom. The van der Waals surface area contributed by atoms with Crippen molar-refractivity contribution >= 4 is 10.0 Å². The maximum atomic E-state index is 12.6. The predicted octanol–water partition coefficient (Wildman–Crippen LogP) is 1.56. The molecule has 2 rings (SSSR count). The van der Waals surface area contributed by atoms with E-state index in [2.05, 4.69) is 0 Å². The average Bonchev–Trinajstić information content (AvgIpc) is 2.82. The maximum Gasteiger partial charge on any atom is 0.247 e. The molecule has 1 aromatic rings. The summed E-state index contributed by atoms with van der Waals surface area (Å²) >= 11 is 0. The summed E-state index contributed by atoms with van der Waals surface area (Å²) in [6.45, 7) is 5.42. The number of hydrogen-bond donors (Lipinski definition) is 1. The van der Waals surface area contributed by atoms with E-state index < -0.39 is 10.0 Å². The first-order chi connectivity index (χ1) is 8.39. The Bertz CT molecular complexity index is 547. The van der Waals surface area contributed by atoms with Gasteiger partial charge in [-0.15, -0.1) is 0 Å². The molecule has 1 atom stereocenters. The zero-order chi connectivity index (χ0) is 13.5. The lowest BCUT2D eigenvalue weighted by molar-refractivity contribution is 0.276. The van der Waals surface area contributed by atoms with Gasteiger partial charge in [-0.25, -0.2) is 8.42 Å². The molecule has 0 saturated carbocycles. The predicted molar refractivity (Wildman–Crippen MR) is 66.7 cm³/mol. The number of aliphatic hydroxyl groups excluding tert-OH is 1. The van der Waals surface area contributed by atoms with Gasteiger partial charge in [0.1, 0.15) is 16.4 Å². The first kappa shape index (κ1) is 13.6. The van der Waals surface area contributed by atoms with Gasteiger partial charge in [0.05, 0.1) is 6.61 Å². The molecule has 1 N–H and O–H groups in total. The Kier molecular flexibility index (Phi) is 3.53. The van der Waals surface area contributed by atoms with Crippen LogP contribution in [0.5, 0.6) is 0 Å². The van der Waals surface area contributed by atoms with Crippen molar-refractivity contribution in [3.8, 4) is 0 Å². The SMILES string of the molecule is Cc1oc(C)c(S(=O)(=O)N2CCCC2C)c1CO. The van der Waals surface area contributed by atoms with Crippen LogP contribution in [-0.4, -0.2) is 30.4 Å². The van der Waals surface area contributed by atoms with E-state index in [0.717, 1.165) is 12.8 Å². The van der Waals surface area contributed by atoms with Crippen LogP contribution < -0.4 is 0 Å². The monoisotopic (exact) mass is 273 g/mol. The van der Waals surface area contributed by atoms with Gasteiger partial charge < -0.3 is 9.52 Å². The summed E-state index contributed by atoms with van der Waals surface area (Å²) in [6.07, 6.45) is 1.76. The summed E-state index contributed by atoms with van der Waals surface area (Å²) in [4.78, 5) is 0.149. The third-order valence-electron chi connectivity index (χ3n) is 3.54. The normalized spacial score (nSPS) is 21.7. The van der Waals surface area contributed by atoms with Crippen LogP contribution in [0.2, 0.25) is 0 Å². The third kappa shape index (κ3) is 1.98. The first-order valence-electron chi connectivity index (χ1n) is 6.11. The van der Waals surface area contributed by atoms with Gasteiger partial charge in [0, 0.05) is 18.2 Å². The smallest absolute Gasteiger partial charge is 0.247 e. The van der Waals surface area contributed by atoms with Crippen molar-refractivity contribution in [3.63, 3.8) is 0 Å². The van der Waals surface area contributed by atoms with Gasteiger partial charge in [0.25, 0.3) is 0 Å². The highest BCUT2D eigenvalue weighted by Crippen LogP contribution is 2.32. The van der Waals surface area contributed by atoms with Crippen molar-refractivity contribution in [1.82, 2.24) is 4.31 Å². The second kappa shape index (κ2) is 4.68. The van der Waals surface area contributed by atoms with Gasteiger partial charge in [-0.05, 0) is 33.6 Å². The number of aliphatic hydroxyl groups is 1. The number of rotatable bonds is 3. The van der Waals surface area contributed by atoms with Crippen molar-refractivity contribution in [3.05, 3.63) is 17.1 Å². The van der Waals surface area contributed by atoms with Gasteiger partial charge in [-0.2, -0.15) is 4.31 Å². The Balaban J connectivity index is 2.54. The molecule has 5 nitrogen and oxygen atoms in total. The van der Waals surface area contributed by atoms with Crippen molar-refractivity contribution in [1.29, 1.82) is 0 Å². The maximum absolute atomic E-state index is 12.6. The van der Waals surface area contributed by atoms with Gasteiger partial charge in [-0.3, -0.25) is 0 Å². The van der Waals surface area contributed by atoms with Crippen molar-refractivity contribution < 1.29 is 17.9 Å². The van der Waals surface area contributed by atoms with E-state index in [4.69, 9.17) is 4.42 Å². The number of aryl methyl sites for hydroxylation is 2. The van der Waals surface area contributed by atoms with Gasteiger partial charge in [0.2, 0.25) is 10.0 Å². The first-order valence-corrected chi connectivity index (χ1v) is 7.55. The van der Waals surface area contributed by atoms with Crippen LogP contribution in [0.15, 0.2) is 9.31 Å². The number of nitrogens with zero attached hydrogens (tertiary/aromatic N) is 1. The van der Waals surface area contributed by atoms with Crippen LogP contribution in [0.25, 0.3) is 0 Å². The fourth-order valence-electron chi connectivity index (χ4n) is 2.61. The Morgan fingerprint density at radius 3 is 2.56 bits per heavy atom. The van der Waals surface area contributed by atoms with Crippen LogP contribution in [0.3, 0.4) is 0 Å². The van der Waals surface area contributed by atoms with E-state index in [1.807, 2.05) is 6.92 Å². The minimum Gasteiger partial charge on any atom is -0.465 e. The Hall–Kier alpha value is -0.850. The fraction of sp³-hybridized carbons (Fsp3) is 0.667. The molecular weight excluding hydrogens is 254 g/mol. The molecule has 1 unspecified atom stereocenters. The molecular formula is C12H19NO4S. The molecule has 1 aliphatic rings. The van der Waals surface area contributed by atoms with Crippen LogP contribution in [0.4, 0.5) is 0 Å². The van der Waals surface area contributed by atoms with Gasteiger partial charge in [0.15, 0.2) is 0 Å². The van der Waals surface area contributed by atoms with Crippen LogP contribution in [-0.2, 0) is 16.6 Å². The molecule has 0 aromatic carbocycles. The molecule has 6 heteroatoms. The van der Waals surface area contributed by atoms with Crippen LogP contribution in [0.1, 0.15) is 36.8 Å². The molecule has 1 saturated heterocycles. The lowest BCUT2D eigenvalue weighted by Crippen LogP contribution is -2.34. The highest BCUT2D eigenvalue weighted by molar-refractivity contribution is 7.89. The van der Waals surface area contributed by atoms with Crippen molar-refractivity contribution in [2.45, 2.75) is 51.2 Å². The van der Waals surface area contributed by atoms with Crippen LogP contribution >= 0.6 is 0 Å². The molecule has 1 aromatic heterocycles. The molecule has 1 aliphatic heterocycles. The lowest BCUT2D eigenvalue weighted by Gasteiger charge is -2.21. The lowest BCUT2D eigenvalue weighted by atomic mass is 10.2. The highest BCUT2D eigenvalue weighted by Gasteiger charge is 2.37. The van der Waals surface area contributed by atoms with E-state index in [1.165, 1.54) is 4.31 Å². The highest BCUT2D eigenvalue weighted by atomic mass is 32.2. The minimum absolute atomic E-state index is 0.0103. The second-order valence-corrected chi connectivity index (χ2v) is 6.61. The van der Waals surface area contributed by atoms with E-state index in [9.17, 15) is 13.5 Å². The number of furan rings is 1. The summed E-state index contributed by atoms with van der Waals surface area (Å²) in [5.41, 5.74) is 0.381. The topological polar surface area (TPSA) is 70.8 Å². The van der Waals surface area contributed by atoms with Gasteiger partial charge in [-0.1, -0.05) is 0 Å². The standard InChI is InChI=1S/C12H19NO4S/c1-8-5-4-6-13(8)18(15,16)12-10(3)17-9(2)11(12)7-14/h8,14H,4-7H2,1-3H3. The van der Waals surface area contributed by atoms with E-state index in [1.54, 1.807) is 13.8 Å². The van der Waals surface area contributed by atoms with Crippen molar-refractivity contribution in [2.75, 3.05) is 6.54 Å². The molecule has 0 radical (unpaired) electrons. The molecule has 0 bridgehead atoms. The molecule has 0 spiro atoms. The minimum atomic E-state index is -3.56. The van der Waals surface area contributed by atoms with Gasteiger partial charge >= 0.3 is 0 Å². The zero-order valence-corrected chi connectivity index (χ0v) is 11.7. The molecule has 0 aliphatic carbocycles. The summed E-state index contributed by atoms with van der Waals surface area (Å²) in [6, 6.07) is 0.0103. The third-order valence-corrected chi connectivity index (χ3v) is 5.75. The Morgan fingerprint density at radius 2 is 2.06 bits per heavy atom. The summed E-state index contributed by atoms with van der Waals surface area (Å²) in [5, 5.41) is 9.34. The van der Waals surface area contributed by atoms with Crippen LogP contribution in [0, 0.1) is 13.8 Å². The summed E-state index contributed by atoms with van der Waals surface area (Å²) in [5.74, 6) is 0.830. The number of sulfonamides is 1. The summed E-state index contributed by atoms with van der Waals surface area (Å²) < 4.78 is 32.1. The van der Waals surface area contributed by atoms with Crippen molar-refractivity contribution in [2.24, 2.45) is 0 Å². The van der Waals surface area contributed by atoms with E-state index in [-0.39, 0.29) is 17.5 Å². The molecule has 102 valence electrons. The van der Waals surface area contributed by atoms with E-state index in [0.29, 0.717) is 23.6 Å². The molecule has 1 fully saturated rings. The largest absolute Gasteiger partial charge is 0.465 e. The summed E-state index contributed by atoms with van der Waals surface area (Å²) in [7, 11) is -3.56.